The first-order valence-electron chi connectivity index (χ1n) is 9.52. The molecule has 1 saturated heterocycles. The summed E-state index contributed by atoms with van der Waals surface area (Å²) in [5.41, 5.74) is 1.40. The normalized spacial score (nSPS) is 19.5. The number of benzene rings is 2. The van der Waals surface area contributed by atoms with Crippen molar-refractivity contribution >= 4 is 21.6 Å². The summed E-state index contributed by atoms with van der Waals surface area (Å²) in [7, 11) is 0.180. The van der Waals surface area contributed by atoms with Crippen molar-refractivity contribution < 1.29 is 18.1 Å². The molecule has 0 spiro atoms. The maximum Gasteiger partial charge on any atom is 0.255 e. The van der Waals surface area contributed by atoms with Crippen molar-refractivity contribution in [3.8, 4) is 6.07 Å². The molecule has 7 nitrogen and oxygen atoms in total. The monoisotopic (exact) mass is 413 g/mol. The third kappa shape index (κ3) is 4.82. The Balaban J connectivity index is 1.68. The van der Waals surface area contributed by atoms with Gasteiger partial charge in [0, 0.05) is 37.2 Å². The van der Waals surface area contributed by atoms with E-state index in [2.05, 4.69) is 12.4 Å². The molecule has 2 N–H and O–H groups in total. The molecular formula is C21H25N4O3S+. The van der Waals surface area contributed by atoms with Crippen LogP contribution in [0.25, 0.3) is 0 Å². The highest BCUT2D eigenvalue weighted by Gasteiger charge is 2.31. The fourth-order valence-corrected chi connectivity index (χ4v) is 4.85. The summed E-state index contributed by atoms with van der Waals surface area (Å²) in [6, 6.07) is 14.5. The fourth-order valence-electron chi connectivity index (χ4n) is 3.43. The van der Waals surface area contributed by atoms with Crippen molar-refractivity contribution in [3.05, 3.63) is 59.7 Å². The topological polar surface area (TPSA) is 94.7 Å². The predicted octanol–water partition coefficient (Wildman–Crippen LogP) is 1.11. The van der Waals surface area contributed by atoms with Gasteiger partial charge in [0.2, 0.25) is 10.0 Å². The first-order valence-corrected chi connectivity index (χ1v) is 11.0. The number of nitrogens with zero attached hydrogens (tertiary/aromatic N) is 2. The largest absolute Gasteiger partial charge is 0.337 e. The van der Waals surface area contributed by atoms with E-state index in [1.807, 2.05) is 6.07 Å². The number of likely N-dealkylation sites (tertiary alicyclic amines) is 1. The zero-order valence-corrected chi connectivity index (χ0v) is 17.4. The lowest BCUT2D eigenvalue weighted by atomic mass is 10.1. The van der Waals surface area contributed by atoms with Gasteiger partial charge in [-0.05, 0) is 48.5 Å². The van der Waals surface area contributed by atoms with Crippen molar-refractivity contribution in [3.63, 3.8) is 0 Å². The summed E-state index contributed by atoms with van der Waals surface area (Å²) in [5.74, 6) is -0.323. The SMILES string of the molecule is CN(C1CC[NH+](C)CC1)S(=O)(=O)c1ccc(NC(=O)c2ccc(C#N)cc2)cc1. The maximum absolute atomic E-state index is 12.9. The van der Waals surface area contributed by atoms with Gasteiger partial charge >= 0.3 is 0 Å². The highest BCUT2D eigenvalue weighted by molar-refractivity contribution is 7.89. The number of nitrogens with one attached hydrogen (secondary N) is 2. The molecule has 2 aromatic rings. The van der Waals surface area contributed by atoms with Gasteiger partial charge in [0.15, 0.2) is 0 Å². The Morgan fingerprint density at radius 1 is 1.10 bits per heavy atom. The summed E-state index contributed by atoms with van der Waals surface area (Å²) in [6.45, 7) is 1.93. The second-order valence-corrected chi connectivity index (χ2v) is 9.37. The van der Waals surface area contributed by atoms with Crippen LogP contribution in [0.15, 0.2) is 53.4 Å². The van der Waals surface area contributed by atoms with Crippen molar-refractivity contribution in [2.24, 2.45) is 0 Å². The minimum absolute atomic E-state index is 0.0134. The van der Waals surface area contributed by atoms with E-state index in [0.717, 1.165) is 25.9 Å². The molecule has 1 aliphatic rings. The predicted molar refractivity (Wildman–Crippen MR) is 110 cm³/mol. The third-order valence-electron chi connectivity index (χ3n) is 5.39. The molecule has 0 aliphatic carbocycles. The lowest BCUT2D eigenvalue weighted by Crippen LogP contribution is -3.10. The molecule has 1 heterocycles. The molecule has 8 heteroatoms. The van der Waals surface area contributed by atoms with E-state index in [4.69, 9.17) is 5.26 Å². The van der Waals surface area contributed by atoms with Gasteiger partial charge in [-0.1, -0.05) is 0 Å². The molecule has 1 amide bonds. The molecule has 0 atom stereocenters. The van der Waals surface area contributed by atoms with Crippen LogP contribution in [-0.4, -0.2) is 51.9 Å². The molecule has 0 unspecified atom stereocenters. The molecular weight excluding hydrogens is 388 g/mol. The Bertz CT molecular complexity index is 1000. The van der Waals surface area contributed by atoms with E-state index < -0.39 is 10.0 Å². The summed E-state index contributed by atoms with van der Waals surface area (Å²) < 4.78 is 27.3. The van der Waals surface area contributed by atoms with E-state index in [1.165, 1.54) is 21.3 Å². The van der Waals surface area contributed by atoms with Gasteiger partial charge in [0.25, 0.3) is 5.91 Å². The minimum atomic E-state index is -3.58. The molecule has 3 rings (SSSR count). The molecule has 1 fully saturated rings. The standard InChI is InChI=1S/C21H24N4O3S/c1-24-13-11-19(12-14-24)25(2)29(27,28)20-9-7-18(8-10-20)23-21(26)17-5-3-16(15-22)4-6-17/h3-10,19H,11-14H2,1-2H3,(H,23,26)/p+1. The molecule has 0 saturated carbocycles. The number of hydrogen-bond donors (Lipinski definition) is 2. The number of rotatable bonds is 5. The maximum atomic E-state index is 12.9. The second kappa shape index (κ2) is 8.74. The Labute approximate surface area is 171 Å². The average Bonchev–Trinajstić information content (AvgIpc) is 2.74. The first-order chi connectivity index (χ1) is 13.8. The number of quaternary nitrogens is 1. The van der Waals surface area contributed by atoms with Crippen LogP contribution in [0.3, 0.4) is 0 Å². The highest BCUT2D eigenvalue weighted by atomic mass is 32.2. The Morgan fingerprint density at radius 2 is 1.69 bits per heavy atom. The minimum Gasteiger partial charge on any atom is -0.337 e. The fraction of sp³-hybridized carbons (Fsp3) is 0.333. The lowest BCUT2D eigenvalue weighted by molar-refractivity contribution is -0.885. The summed E-state index contributed by atoms with van der Waals surface area (Å²) in [5, 5.41) is 11.6. The van der Waals surface area contributed by atoms with Crippen LogP contribution in [0.4, 0.5) is 5.69 Å². The van der Waals surface area contributed by atoms with Crippen LogP contribution >= 0.6 is 0 Å². The summed E-state index contributed by atoms with van der Waals surface area (Å²) >= 11 is 0. The van der Waals surface area contributed by atoms with Crippen molar-refractivity contribution in [2.45, 2.75) is 23.8 Å². The van der Waals surface area contributed by atoms with Gasteiger partial charge in [0.1, 0.15) is 0 Å². The Morgan fingerprint density at radius 3 is 2.24 bits per heavy atom. The van der Waals surface area contributed by atoms with Crippen molar-refractivity contribution in [2.75, 3.05) is 32.5 Å². The molecule has 0 radical (unpaired) electrons. The van der Waals surface area contributed by atoms with Gasteiger partial charge < -0.3 is 10.2 Å². The number of amides is 1. The quantitative estimate of drug-likeness (QED) is 0.768. The molecule has 0 aromatic heterocycles. The summed E-state index contributed by atoms with van der Waals surface area (Å²) in [6.07, 6.45) is 1.70. The second-order valence-electron chi connectivity index (χ2n) is 7.38. The number of carbonyl (C=O) groups excluding carboxylic acids is 1. The van der Waals surface area contributed by atoms with Gasteiger partial charge in [0.05, 0.1) is 36.7 Å². The van der Waals surface area contributed by atoms with Crippen LogP contribution in [-0.2, 0) is 10.0 Å². The number of nitriles is 1. The summed E-state index contributed by atoms with van der Waals surface area (Å²) in [4.78, 5) is 14.0. The van der Waals surface area contributed by atoms with Crippen LogP contribution in [0.5, 0.6) is 0 Å². The van der Waals surface area contributed by atoms with Gasteiger partial charge in [-0.3, -0.25) is 4.79 Å². The van der Waals surface area contributed by atoms with Crippen LogP contribution in [0.2, 0.25) is 0 Å². The van der Waals surface area contributed by atoms with E-state index in [0.29, 0.717) is 16.8 Å². The number of hydrogen-bond acceptors (Lipinski definition) is 4. The smallest absolute Gasteiger partial charge is 0.255 e. The van der Waals surface area contributed by atoms with E-state index in [9.17, 15) is 13.2 Å². The molecule has 152 valence electrons. The van der Waals surface area contributed by atoms with E-state index in [1.54, 1.807) is 43.4 Å². The zero-order chi connectivity index (χ0) is 21.0. The molecule has 0 bridgehead atoms. The van der Waals surface area contributed by atoms with E-state index >= 15 is 0 Å². The van der Waals surface area contributed by atoms with Gasteiger partial charge in [-0.15, -0.1) is 0 Å². The first kappa shape index (κ1) is 21.0. The van der Waals surface area contributed by atoms with E-state index in [-0.39, 0.29) is 16.8 Å². The number of anilines is 1. The van der Waals surface area contributed by atoms with Crippen molar-refractivity contribution in [1.29, 1.82) is 5.26 Å². The number of sulfonamides is 1. The molecule has 1 aliphatic heterocycles. The number of piperidine rings is 1. The van der Waals surface area contributed by atoms with Crippen LogP contribution < -0.4 is 10.2 Å². The van der Waals surface area contributed by atoms with Gasteiger partial charge in [-0.25, -0.2) is 8.42 Å². The van der Waals surface area contributed by atoms with Crippen LogP contribution in [0, 0.1) is 11.3 Å². The lowest BCUT2D eigenvalue weighted by Gasteiger charge is -2.32. The van der Waals surface area contributed by atoms with Crippen molar-refractivity contribution in [1.82, 2.24) is 4.31 Å². The van der Waals surface area contributed by atoms with Crippen LogP contribution in [0.1, 0.15) is 28.8 Å². The Hall–Kier alpha value is -2.73. The molecule has 29 heavy (non-hydrogen) atoms. The Kier molecular flexibility index (Phi) is 6.33. The average molecular weight is 414 g/mol. The zero-order valence-electron chi connectivity index (χ0n) is 16.6. The highest BCUT2D eigenvalue weighted by Crippen LogP contribution is 2.22. The van der Waals surface area contributed by atoms with Gasteiger partial charge in [-0.2, -0.15) is 9.57 Å². The third-order valence-corrected chi connectivity index (χ3v) is 7.31. The molecule has 2 aromatic carbocycles. The number of carbonyl (C=O) groups is 1.